The monoisotopic (exact) mass is 296 g/mol. The van der Waals surface area contributed by atoms with Crippen molar-refractivity contribution in [1.29, 1.82) is 0 Å². The zero-order valence-corrected chi connectivity index (χ0v) is 12.8. The van der Waals surface area contributed by atoms with Crippen LogP contribution >= 0.6 is 11.3 Å². The van der Waals surface area contributed by atoms with Crippen molar-refractivity contribution in [2.45, 2.75) is 19.9 Å². The van der Waals surface area contributed by atoms with Gasteiger partial charge in [-0.05, 0) is 31.5 Å². The smallest absolute Gasteiger partial charge is 0.149 e. The summed E-state index contributed by atoms with van der Waals surface area (Å²) in [7, 11) is 0. The van der Waals surface area contributed by atoms with Crippen molar-refractivity contribution in [3.8, 4) is 10.6 Å². The Morgan fingerprint density at radius 1 is 1.00 bits per heavy atom. The minimum absolute atomic E-state index is 0.240. The summed E-state index contributed by atoms with van der Waals surface area (Å²) in [6.45, 7) is 3.97. The molecule has 0 aliphatic rings. The van der Waals surface area contributed by atoms with Gasteiger partial charge in [-0.25, -0.2) is 0 Å². The maximum atomic E-state index is 6.26. The topological polar surface area (TPSA) is 64.7 Å². The zero-order valence-electron chi connectivity index (χ0n) is 11.9. The third-order valence-electron chi connectivity index (χ3n) is 3.32. The number of nitrogens with zero attached hydrogens (tertiary/aromatic N) is 3. The molecule has 3 rings (SSSR count). The second kappa shape index (κ2) is 5.71. The molecule has 0 saturated heterocycles. The Labute approximate surface area is 127 Å². The van der Waals surface area contributed by atoms with Crippen LogP contribution in [0.1, 0.15) is 28.0 Å². The lowest BCUT2D eigenvalue weighted by Crippen LogP contribution is -2.11. The van der Waals surface area contributed by atoms with Crippen molar-refractivity contribution in [3.63, 3.8) is 0 Å². The number of aryl methyl sites for hydroxylation is 2. The highest BCUT2D eigenvalue weighted by atomic mass is 32.1. The van der Waals surface area contributed by atoms with Crippen LogP contribution in [0.2, 0.25) is 0 Å². The molecule has 4 nitrogen and oxygen atoms in total. The van der Waals surface area contributed by atoms with Gasteiger partial charge in [-0.1, -0.05) is 41.7 Å². The van der Waals surface area contributed by atoms with E-state index in [9.17, 15) is 0 Å². The fourth-order valence-corrected chi connectivity index (χ4v) is 3.13. The first-order valence-electron chi connectivity index (χ1n) is 6.73. The Balaban J connectivity index is 1.93. The highest BCUT2D eigenvalue weighted by molar-refractivity contribution is 7.14. The van der Waals surface area contributed by atoms with Crippen LogP contribution in [0.15, 0.2) is 42.5 Å². The number of pyridine rings is 1. The molecule has 0 spiro atoms. The number of nitrogens with two attached hydrogens (primary N) is 1. The van der Waals surface area contributed by atoms with Gasteiger partial charge in [0, 0.05) is 17.0 Å². The van der Waals surface area contributed by atoms with E-state index >= 15 is 0 Å². The van der Waals surface area contributed by atoms with E-state index in [0.29, 0.717) is 0 Å². The van der Waals surface area contributed by atoms with Crippen LogP contribution in [0.4, 0.5) is 0 Å². The molecule has 0 bridgehead atoms. The number of hydrogen-bond donors (Lipinski definition) is 1. The van der Waals surface area contributed by atoms with Crippen LogP contribution in [0, 0.1) is 13.8 Å². The maximum Gasteiger partial charge on any atom is 0.149 e. The van der Waals surface area contributed by atoms with Gasteiger partial charge in [-0.3, -0.25) is 4.98 Å². The average Bonchev–Trinajstić information content (AvgIpc) is 2.97. The molecule has 0 aliphatic heterocycles. The second-order valence-electron chi connectivity index (χ2n) is 4.92. The van der Waals surface area contributed by atoms with Gasteiger partial charge in [0.1, 0.15) is 10.0 Å². The Bertz CT molecular complexity index is 752. The van der Waals surface area contributed by atoms with Gasteiger partial charge in [-0.2, -0.15) is 0 Å². The van der Waals surface area contributed by atoms with Crippen molar-refractivity contribution < 1.29 is 0 Å². The predicted octanol–water partition coefficient (Wildman–Crippen LogP) is 3.27. The number of rotatable bonds is 3. The molecule has 0 fully saturated rings. The molecule has 2 heterocycles. The van der Waals surface area contributed by atoms with Gasteiger partial charge in [0.2, 0.25) is 0 Å². The number of aromatic nitrogens is 3. The van der Waals surface area contributed by atoms with Crippen molar-refractivity contribution in [1.82, 2.24) is 15.2 Å². The van der Waals surface area contributed by atoms with Gasteiger partial charge in [0.15, 0.2) is 0 Å². The molecule has 2 aromatic heterocycles. The summed E-state index contributed by atoms with van der Waals surface area (Å²) < 4.78 is 0. The summed E-state index contributed by atoms with van der Waals surface area (Å²) in [5.41, 5.74) is 10.3. The largest absolute Gasteiger partial charge is 0.318 e. The minimum Gasteiger partial charge on any atom is -0.318 e. The van der Waals surface area contributed by atoms with Crippen molar-refractivity contribution >= 4 is 11.3 Å². The quantitative estimate of drug-likeness (QED) is 0.805. The molecule has 0 amide bonds. The van der Waals surface area contributed by atoms with Crippen molar-refractivity contribution in [2.75, 3.05) is 0 Å². The van der Waals surface area contributed by atoms with Crippen LogP contribution in [0.3, 0.4) is 0 Å². The average molecular weight is 296 g/mol. The Kier molecular flexibility index (Phi) is 3.77. The van der Waals surface area contributed by atoms with Gasteiger partial charge in [0.25, 0.3) is 0 Å². The molecule has 21 heavy (non-hydrogen) atoms. The summed E-state index contributed by atoms with van der Waals surface area (Å²) in [5, 5.41) is 10.2. The van der Waals surface area contributed by atoms with Gasteiger partial charge >= 0.3 is 0 Å². The molecule has 1 unspecified atom stereocenters. The summed E-state index contributed by atoms with van der Waals surface area (Å²) in [6, 6.07) is 13.7. The fourth-order valence-electron chi connectivity index (χ4n) is 2.18. The molecule has 5 heteroatoms. The van der Waals surface area contributed by atoms with E-state index in [4.69, 9.17) is 5.73 Å². The summed E-state index contributed by atoms with van der Waals surface area (Å²) in [4.78, 5) is 4.47. The van der Waals surface area contributed by atoms with E-state index in [2.05, 4.69) is 15.2 Å². The zero-order chi connectivity index (χ0) is 14.8. The minimum atomic E-state index is -0.240. The second-order valence-corrected chi connectivity index (χ2v) is 5.93. The Morgan fingerprint density at radius 2 is 1.76 bits per heavy atom. The molecule has 3 aromatic rings. The Morgan fingerprint density at radius 3 is 2.48 bits per heavy atom. The van der Waals surface area contributed by atoms with Crippen molar-refractivity contribution in [3.05, 3.63) is 64.4 Å². The number of hydrogen-bond acceptors (Lipinski definition) is 5. The Hall–Kier alpha value is -2.11. The standard InChI is InChI=1S/C16H16N4S/c1-10-8-9-13(11(2)18-10)15-19-20-16(21-15)14(17)12-6-4-3-5-7-12/h3-9,14H,17H2,1-2H3. The molecule has 1 atom stereocenters. The third-order valence-corrected chi connectivity index (χ3v) is 4.36. The van der Waals surface area contributed by atoms with E-state index < -0.39 is 0 Å². The molecule has 2 N–H and O–H groups in total. The molecule has 106 valence electrons. The van der Waals surface area contributed by atoms with Gasteiger partial charge in [-0.15, -0.1) is 10.2 Å². The van der Waals surface area contributed by atoms with E-state index in [1.807, 2.05) is 56.3 Å². The highest BCUT2D eigenvalue weighted by Crippen LogP contribution is 2.30. The van der Waals surface area contributed by atoms with Crippen LogP contribution in [-0.2, 0) is 0 Å². The van der Waals surface area contributed by atoms with Gasteiger partial charge in [0.05, 0.1) is 6.04 Å². The van der Waals surface area contributed by atoms with E-state index in [-0.39, 0.29) is 6.04 Å². The predicted molar refractivity (Wildman–Crippen MR) is 85.1 cm³/mol. The van der Waals surface area contributed by atoms with Gasteiger partial charge < -0.3 is 5.73 Å². The van der Waals surface area contributed by atoms with E-state index in [1.165, 1.54) is 11.3 Å². The lowest BCUT2D eigenvalue weighted by Gasteiger charge is -2.07. The lowest BCUT2D eigenvalue weighted by molar-refractivity contribution is 0.831. The molecule has 0 aliphatic carbocycles. The lowest BCUT2D eigenvalue weighted by atomic mass is 10.1. The molecule has 1 aromatic carbocycles. The molecule has 0 saturated carbocycles. The first kappa shape index (κ1) is 13.9. The van der Waals surface area contributed by atoms with Crippen LogP contribution in [0.25, 0.3) is 10.6 Å². The fraction of sp³-hybridized carbons (Fsp3) is 0.188. The number of benzene rings is 1. The molecule has 0 radical (unpaired) electrons. The van der Waals surface area contributed by atoms with Crippen molar-refractivity contribution in [2.24, 2.45) is 5.73 Å². The van der Waals surface area contributed by atoms with Crippen LogP contribution in [0.5, 0.6) is 0 Å². The van der Waals surface area contributed by atoms with Crippen LogP contribution in [-0.4, -0.2) is 15.2 Å². The van der Waals surface area contributed by atoms with E-state index in [1.54, 1.807) is 0 Å². The molecular formula is C16H16N4S. The third kappa shape index (κ3) is 2.84. The SMILES string of the molecule is Cc1ccc(-c2nnc(C(N)c3ccccc3)s2)c(C)n1. The maximum absolute atomic E-state index is 6.26. The van der Waals surface area contributed by atoms with E-state index in [0.717, 1.165) is 32.5 Å². The van der Waals surface area contributed by atoms with Crippen LogP contribution < -0.4 is 5.73 Å². The summed E-state index contributed by atoms with van der Waals surface area (Å²) >= 11 is 1.52. The first-order valence-corrected chi connectivity index (χ1v) is 7.55. The normalized spacial score (nSPS) is 12.3. The molecular weight excluding hydrogens is 280 g/mol. The summed E-state index contributed by atoms with van der Waals surface area (Å²) in [5.74, 6) is 0. The summed E-state index contributed by atoms with van der Waals surface area (Å²) in [6.07, 6.45) is 0. The first-order chi connectivity index (χ1) is 10.1. The highest BCUT2D eigenvalue weighted by Gasteiger charge is 2.16.